The van der Waals surface area contributed by atoms with Crippen LogP contribution in [0, 0.1) is 24.0 Å². The summed E-state index contributed by atoms with van der Waals surface area (Å²) >= 11 is 0. The number of para-hydroxylation sites is 1. The molecule has 0 saturated heterocycles. The molecule has 0 fully saturated rings. The van der Waals surface area contributed by atoms with Crippen LogP contribution in [0.3, 0.4) is 0 Å². The van der Waals surface area contributed by atoms with Gasteiger partial charge in [0.2, 0.25) is 0 Å². The highest BCUT2D eigenvalue weighted by atomic mass is 16.6. The Bertz CT molecular complexity index is 693. The fraction of sp³-hybridized carbons (Fsp3) is 0.133. The molecule has 0 amide bonds. The summed E-state index contributed by atoms with van der Waals surface area (Å²) in [6.45, 7) is 3.79. The van der Waals surface area contributed by atoms with E-state index < -0.39 is 10.9 Å². The summed E-state index contributed by atoms with van der Waals surface area (Å²) in [5.41, 5.74) is 2.15. The summed E-state index contributed by atoms with van der Waals surface area (Å²) in [5, 5.41) is 23.2. The number of nitro benzene ring substituents is 1. The Morgan fingerprint density at radius 2 is 1.95 bits per heavy atom. The zero-order valence-electron chi connectivity index (χ0n) is 11.6. The Morgan fingerprint density at radius 3 is 2.52 bits per heavy atom. The van der Waals surface area contributed by atoms with Crippen molar-refractivity contribution in [2.45, 2.75) is 13.8 Å². The molecule has 0 aliphatic rings. The van der Waals surface area contributed by atoms with Crippen LogP contribution in [0.5, 0.6) is 0 Å². The van der Waals surface area contributed by atoms with Crippen molar-refractivity contribution in [3.05, 3.63) is 63.2 Å². The van der Waals surface area contributed by atoms with E-state index in [1.165, 1.54) is 18.2 Å². The van der Waals surface area contributed by atoms with Gasteiger partial charge in [0.1, 0.15) is 5.69 Å². The molecule has 2 N–H and O–H groups in total. The van der Waals surface area contributed by atoms with Crippen molar-refractivity contribution in [1.29, 1.82) is 0 Å². The van der Waals surface area contributed by atoms with Gasteiger partial charge in [-0.3, -0.25) is 10.1 Å². The van der Waals surface area contributed by atoms with Crippen molar-refractivity contribution in [2.24, 2.45) is 0 Å². The van der Waals surface area contributed by atoms with Gasteiger partial charge in [-0.15, -0.1) is 0 Å². The number of nitrogens with zero attached hydrogens (tertiary/aromatic N) is 1. The smallest absolute Gasteiger partial charge is 0.338 e. The predicted octanol–water partition coefficient (Wildman–Crippen LogP) is 3.65. The van der Waals surface area contributed by atoms with Crippen molar-refractivity contribution in [3.8, 4) is 0 Å². The first kappa shape index (κ1) is 14.5. The van der Waals surface area contributed by atoms with Crippen molar-refractivity contribution in [2.75, 3.05) is 5.32 Å². The minimum absolute atomic E-state index is 0.0121. The molecule has 0 radical (unpaired) electrons. The third kappa shape index (κ3) is 3.00. The Balaban J connectivity index is 2.56. The molecular weight excluding hydrogens is 272 g/mol. The molecule has 2 aromatic rings. The first-order valence-corrected chi connectivity index (χ1v) is 6.25. The predicted molar refractivity (Wildman–Crippen MR) is 79.3 cm³/mol. The summed E-state index contributed by atoms with van der Waals surface area (Å²) < 4.78 is 0. The normalized spacial score (nSPS) is 10.2. The minimum atomic E-state index is -1.22. The number of rotatable bonds is 4. The van der Waals surface area contributed by atoms with E-state index in [0.29, 0.717) is 5.69 Å². The molecule has 6 nitrogen and oxygen atoms in total. The van der Waals surface area contributed by atoms with Gasteiger partial charge in [-0.2, -0.15) is 0 Å². The zero-order chi connectivity index (χ0) is 15.6. The number of aryl methyl sites for hydroxylation is 2. The SMILES string of the molecule is Cc1ccc(Nc2c(C(=O)O)cccc2[N+](=O)[O-])c(C)c1. The number of carbonyl (C=O) groups is 1. The fourth-order valence-electron chi connectivity index (χ4n) is 2.09. The standard InChI is InChI=1S/C15H14N2O4/c1-9-6-7-12(10(2)8-9)16-14-11(15(18)19)4-3-5-13(14)17(20)21/h3-8,16H,1-2H3,(H,18,19). The van der Waals surface area contributed by atoms with Crippen molar-refractivity contribution >= 4 is 23.0 Å². The number of hydrogen-bond acceptors (Lipinski definition) is 4. The van der Waals surface area contributed by atoms with Crippen LogP contribution >= 0.6 is 0 Å². The molecule has 0 atom stereocenters. The van der Waals surface area contributed by atoms with Gasteiger partial charge in [-0.05, 0) is 31.5 Å². The molecular formula is C15H14N2O4. The number of hydrogen-bond donors (Lipinski definition) is 2. The van der Waals surface area contributed by atoms with Gasteiger partial charge in [-0.1, -0.05) is 23.8 Å². The van der Waals surface area contributed by atoms with Crippen LogP contribution < -0.4 is 5.32 Å². The van der Waals surface area contributed by atoms with E-state index in [4.69, 9.17) is 0 Å². The molecule has 2 aromatic carbocycles. The molecule has 0 aliphatic carbocycles. The molecule has 0 saturated carbocycles. The van der Waals surface area contributed by atoms with Crippen LogP contribution in [0.1, 0.15) is 21.5 Å². The summed E-state index contributed by atoms with van der Waals surface area (Å²) in [7, 11) is 0. The zero-order valence-corrected chi connectivity index (χ0v) is 11.6. The Morgan fingerprint density at radius 1 is 1.24 bits per heavy atom. The fourth-order valence-corrected chi connectivity index (χ4v) is 2.09. The van der Waals surface area contributed by atoms with Crippen LogP contribution in [-0.4, -0.2) is 16.0 Å². The number of nitro groups is 1. The molecule has 6 heteroatoms. The molecule has 0 aromatic heterocycles. The monoisotopic (exact) mass is 286 g/mol. The first-order chi connectivity index (χ1) is 9.90. The number of carboxylic acids is 1. The number of anilines is 2. The highest BCUT2D eigenvalue weighted by Crippen LogP contribution is 2.32. The van der Waals surface area contributed by atoms with Crippen molar-refractivity contribution in [3.63, 3.8) is 0 Å². The lowest BCUT2D eigenvalue weighted by molar-refractivity contribution is -0.383. The Labute approximate surface area is 121 Å². The molecule has 21 heavy (non-hydrogen) atoms. The molecule has 0 unspecified atom stereocenters. The molecule has 0 bridgehead atoms. The Kier molecular flexibility index (Phi) is 3.89. The summed E-state index contributed by atoms with van der Waals surface area (Å²) in [6, 6.07) is 9.50. The summed E-state index contributed by atoms with van der Waals surface area (Å²) in [4.78, 5) is 21.8. The van der Waals surface area contributed by atoms with E-state index in [1.54, 1.807) is 6.07 Å². The first-order valence-electron chi connectivity index (χ1n) is 6.25. The summed E-state index contributed by atoms with van der Waals surface area (Å²) in [5.74, 6) is -1.22. The second-order valence-electron chi connectivity index (χ2n) is 4.71. The lowest BCUT2D eigenvalue weighted by Crippen LogP contribution is -2.06. The summed E-state index contributed by atoms with van der Waals surface area (Å²) in [6.07, 6.45) is 0. The van der Waals surface area contributed by atoms with Crippen LogP contribution in [-0.2, 0) is 0 Å². The van der Waals surface area contributed by atoms with Gasteiger partial charge in [0.05, 0.1) is 10.5 Å². The number of nitrogens with one attached hydrogen (secondary N) is 1. The van der Waals surface area contributed by atoms with Gasteiger partial charge >= 0.3 is 5.97 Å². The van der Waals surface area contributed by atoms with E-state index in [2.05, 4.69) is 5.32 Å². The van der Waals surface area contributed by atoms with E-state index >= 15 is 0 Å². The quantitative estimate of drug-likeness (QED) is 0.661. The third-order valence-electron chi connectivity index (χ3n) is 3.11. The van der Waals surface area contributed by atoms with Crippen LogP contribution in [0.2, 0.25) is 0 Å². The third-order valence-corrected chi connectivity index (χ3v) is 3.11. The van der Waals surface area contributed by atoms with E-state index in [0.717, 1.165) is 11.1 Å². The number of carboxylic acid groups (broad SMARTS) is 1. The molecule has 0 aliphatic heterocycles. The van der Waals surface area contributed by atoms with E-state index in [-0.39, 0.29) is 16.9 Å². The second-order valence-corrected chi connectivity index (χ2v) is 4.71. The maximum atomic E-state index is 11.3. The minimum Gasteiger partial charge on any atom is -0.478 e. The Hall–Kier alpha value is -2.89. The highest BCUT2D eigenvalue weighted by molar-refractivity contribution is 5.98. The topological polar surface area (TPSA) is 92.5 Å². The number of benzene rings is 2. The van der Waals surface area contributed by atoms with Gasteiger partial charge in [0.25, 0.3) is 5.69 Å². The molecule has 108 valence electrons. The van der Waals surface area contributed by atoms with Gasteiger partial charge in [0, 0.05) is 11.8 Å². The van der Waals surface area contributed by atoms with E-state index in [9.17, 15) is 20.0 Å². The largest absolute Gasteiger partial charge is 0.478 e. The van der Waals surface area contributed by atoms with Crippen LogP contribution in [0.25, 0.3) is 0 Å². The maximum Gasteiger partial charge on any atom is 0.338 e. The average Bonchev–Trinajstić information content (AvgIpc) is 2.41. The highest BCUT2D eigenvalue weighted by Gasteiger charge is 2.21. The molecule has 2 rings (SSSR count). The van der Waals surface area contributed by atoms with E-state index in [1.807, 2.05) is 26.0 Å². The maximum absolute atomic E-state index is 11.3. The van der Waals surface area contributed by atoms with Crippen LogP contribution in [0.15, 0.2) is 36.4 Å². The van der Waals surface area contributed by atoms with Gasteiger partial charge in [-0.25, -0.2) is 4.79 Å². The molecule has 0 heterocycles. The van der Waals surface area contributed by atoms with Crippen molar-refractivity contribution < 1.29 is 14.8 Å². The lowest BCUT2D eigenvalue weighted by atomic mass is 10.1. The average molecular weight is 286 g/mol. The van der Waals surface area contributed by atoms with Crippen LogP contribution in [0.4, 0.5) is 17.1 Å². The number of aromatic carboxylic acids is 1. The van der Waals surface area contributed by atoms with Gasteiger partial charge in [0.15, 0.2) is 0 Å². The van der Waals surface area contributed by atoms with Gasteiger partial charge < -0.3 is 10.4 Å². The van der Waals surface area contributed by atoms with Crippen molar-refractivity contribution in [1.82, 2.24) is 0 Å². The molecule has 0 spiro atoms. The second kappa shape index (κ2) is 5.62. The lowest BCUT2D eigenvalue weighted by Gasteiger charge is -2.12.